The van der Waals surface area contributed by atoms with Crippen LogP contribution in [0.1, 0.15) is 17.0 Å². The van der Waals surface area contributed by atoms with Gasteiger partial charge in [0.2, 0.25) is 0 Å². The zero-order chi connectivity index (χ0) is 16.8. The average molecular weight is 319 g/mol. The number of benzene rings is 3. The average Bonchev–Trinajstić information content (AvgIpc) is 2.65. The second-order valence-electron chi connectivity index (χ2n) is 5.80. The van der Waals surface area contributed by atoms with E-state index in [0.29, 0.717) is 6.54 Å². The molecule has 3 aromatic rings. The van der Waals surface area contributed by atoms with Crippen molar-refractivity contribution in [1.82, 2.24) is 5.32 Å². The molecule has 1 N–H and O–H groups in total. The van der Waals surface area contributed by atoms with Gasteiger partial charge >= 0.3 is 5.97 Å². The number of hydrogen-bond donors (Lipinski definition) is 1. The molecule has 0 fully saturated rings. The van der Waals surface area contributed by atoms with E-state index in [0.717, 1.165) is 17.5 Å². The van der Waals surface area contributed by atoms with Crippen LogP contribution in [0.15, 0.2) is 72.8 Å². The summed E-state index contributed by atoms with van der Waals surface area (Å²) < 4.78 is 5.00. The van der Waals surface area contributed by atoms with E-state index in [-0.39, 0.29) is 11.9 Å². The molecule has 3 aromatic carbocycles. The highest BCUT2D eigenvalue weighted by molar-refractivity contribution is 5.86. The molecule has 0 saturated heterocycles. The van der Waals surface area contributed by atoms with Gasteiger partial charge in [-0.15, -0.1) is 0 Å². The largest absolute Gasteiger partial charge is 0.469 e. The number of fused-ring (bicyclic) bond motifs is 1. The minimum atomic E-state index is -0.316. The Kier molecular flexibility index (Phi) is 5.24. The minimum absolute atomic E-state index is 0.217. The van der Waals surface area contributed by atoms with Gasteiger partial charge in [-0.05, 0) is 21.9 Å². The summed E-state index contributed by atoms with van der Waals surface area (Å²) in [6.45, 7) is 1.27. The van der Waals surface area contributed by atoms with Gasteiger partial charge in [-0.25, -0.2) is 0 Å². The standard InChI is InChI=1S/C21H21NO2/c1-24-21(23)20(15-22-14-16-7-3-2-4-8-16)19-12-11-17-9-5-6-10-18(17)13-19/h2-13,20,22H,14-15H2,1H3/t20-/m1/s1. The Morgan fingerprint density at radius 2 is 1.67 bits per heavy atom. The Balaban J connectivity index is 1.76. The summed E-state index contributed by atoms with van der Waals surface area (Å²) in [4.78, 5) is 12.2. The summed E-state index contributed by atoms with van der Waals surface area (Å²) >= 11 is 0. The highest BCUT2D eigenvalue weighted by Crippen LogP contribution is 2.22. The number of hydrogen-bond acceptors (Lipinski definition) is 3. The van der Waals surface area contributed by atoms with Crippen LogP contribution in [0.5, 0.6) is 0 Å². The predicted molar refractivity (Wildman–Crippen MR) is 96.9 cm³/mol. The predicted octanol–water partition coefficient (Wildman–Crippen LogP) is 3.89. The maximum Gasteiger partial charge on any atom is 0.314 e. The van der Waals surface area contributed by atoms with Gasteiger partial charge in [0.15, 0.2) is 0 Å². The van der Waals surface area contributed by atoms with Gasteiger partial charge in [-0.2, -0.15) is 0 Å². The molecule has 1 atom stereocenters. The summed E-state index contributed by atoms with van der Waals surface area (Å²) in [6, 6.07) is 24.4. The van der Waals surface area contributed by atoms with Crippen molar-refractivity contribution in [2.24, 2.45) is 0 Å². The lowest BCUT2D eigenvalue weighted by Crippen LogP contribution is -2.27. The highest BCUT2D eigenvalue weighted by atomic mass is 16.5. The zero-order valence-electron chi connectivity index (χ0n) is 13.7. The third-order valence-corrected chi connectivity index (χ3v) is 4.18. The second kappa shape index (κ2) is 7.75. The van der Waals surface area contributed by atoms with Crippen LogP contribution in [-0.2, 0) is 16.1 Å². The maximum absolute atomic E-state index is 12.2. The van der Waals surface area contributed by atoms with Crippen molar-refractivity contribution in [3.05, 3.63) is 83.9 Å². The Hall–Kier alpha value is -2.65. The third kappa shape index (κ3) is 3.81. The van der Waals surface area contributed by atoms with E-state index in [9.17, 15) is 4.79 Å². The van der Waals surface area contributed by atoms with E-state index in [4.69, 9.17) is 4.74 Å². The van der Waals surface area contributed by atoms with Crippen molar-refractivity contribution in [1.29, 1.82) is 0 Å². The van der Waals surface area contributed by atoms with Gasteiger partial charge in [0.25, 0.3) is 0 Å². The van der Waals surface area contributed by atoms with Crippen LogP contribution in [0.4, 0.5) is 0 Å². The van der Waals surface area contributed by atoms with E-state index >= 15 is 0 Å². The lowest BCUT2D eigenvalue weighted by molar-refractivity contribution is -0.142. The molecule has 3 heteroatoms. The first kappa shape index (κ1) is 16.2. The van der Waals surface area contributed by atoms with Crippen molar-refractivity contribution in [3.63, 3.8) is 0 Å². The molecule has 0 aliphatic heterocycles. The number of esters is 1. The molecule has 122 valence electrons. The molecule has 0 radical (unpaired) electrons. The first-order chi connectivity index (χ1) is 11.8. The van der Waals surface area contributed by atoms with Crippen LogP contribution in [0.25, 0.3) is 10.8 Å². The number of methoxy groups -OCH3 is 1. The Bertz CT molecular complexity index is 814. The summed E-state index contributed by atoms with van der Waals surface area (Å²) in [6.07, 6.45) is 0. The molecule has 0 amide bonds. The molecular formula is C21H21NO2. The van der Waals surface area contributed by atoms with E-state index in [1.807, 2.05) is 36.4 Å². The molecule has 0 unspecified atom stereocenters. The molecule has 0 aromatic heterocycles. The van der Waals surface area contributed by atoms with Crippen LogP contribution >= 0.6 is 0 Å². The molecule has 0 bridgehead atoms. The summed E-state index contributed by atoms with van der Waals surface area (Å²) in [5.41, 5.74) is 2.17. The SMILES string of the molecule is COC(=O)[C@H](CNCc1ccccc1)c1ccc2ccccc2c1. The Morgan fingerprint density at radius 3 is 2.42 bits per heavy atom. The van der Waals surface area contributed by atoms with Gasteiger partial charge in [0.1, 0.15) is 0 Å². The van der Waals surface area contributed by atoms with Gasteiger partial charge < -0.3 is 10.1 Å². The Morgan fingerprint density at radius 1 is 0.958 bits per heavy atom. The number of nitrogens with one attached hydrogen (secondary N) is 1. The van der Waals surface area contributed by atoms with Crippen molar-refractivity contribution < 1.29 is 9.53 Å². The van der Waals surface area contributed by atoms with E-state index in [2.05, 4.69) is 41.7 Å². The molecule has 0 heterocycles. The lowest BCUT2D eigenvalue weighted by atomic mass is 9.96. The van der Waals surface area contributed by atoms with Crippen molar-refractivity contribution in [3.8, 4) is 0 Å². The van der Waals surface area contributed by atoms with E-state index in [1.54, 1.807) is 0 Å². The fourth-order valence-corrected chi connectivity index (χ4v) is 2.86. The van der Waals surface area contributed by atoms with Crippen molar-refractivity contribution in [2.75, 3.05) is 13.7 Å². The van der Waals surface area contributed by atoms with Gasteiger partial charge in [0, 0.05) is 13.1 Å². The first-order valence-corrected chi connectivity index (χ1v) is 8.09. The van der Waals surface area contributed by atoms with Gasteiger partial charge in [-0.1, -0.05) is 72.8 Å². The fourth-order valence-electron chi connectivity index (χ4n) is 2.86. The summed E-state index contributed by atoms with van der Waals surface area (Å²) in [5, 5.41) is 5.66. The van der Waals surface area contributed by atoms with Crippen LogP contribution in [0.3, 0.4) is 0 Å². The number of rotatable bonds is 6. The maximum atomic E-state index is 12.2. The monoisotopic (exact) mass is 319 g/mol. The van der Waals surface area contributed by atoms with Crippen molar-refractivity contribution >= 4 is 16.7 Å². The minimum Gasteiger partial charge on any atom is -0.469 e. The van der Waals surface area contributed by atoms with Gasteiger partial charge in [-0.3, -0.25) is 4.79 Å². The van der Waals surface area contributed by atoms with E-state index < -0.39 is 0 Å². The highest BCUT2D eigenvalue weighted by Gasteiger charge is 2.21. The number of ether oxygens (including phenoxy) is 1. The smallest absolute Gasteiger partial charge is 0.314 e. The molecule has 0 spiro atoms. The normalized spacial score (nSPS) is 12.0. The molecule has 0 aliphatic carbocycles. The fraction of sp³-hybridized carbons (Fsp3) is 0.190. The molecular weight excluding hydrogens is 298 g/mol. The van der Waals surface area contributed by atoms with Crippen LogP contribution in [0.2, 0.25) is 0 Å². The van der Waals surface area contributed by atoms with Crippen LogP contribution in [0, 0.1) is 0 Å². The zero-order valence-corrected chi connectivity index (χ0v) is 13.7. The molecule has 24 heavy (non-hydrogen) atoms. The number of carbonyl (C=O) groups is 1. The van der Waals surface area contributed by atoms with Crippen molar-refractivity contribution in [2.45, 2.75) is 12.5 Å². The number of carbonyl (C=O) groups excluding carboxylic acids is 1. The van der Waals surface area contributed by atoms with Crippen LogP contribution < -0.4 is 5.32 Å². The summed E-state index contributed by atoms with van der Waals surface area (Å²) in [5.74, 6) is -0.533. The second-order valence-corrected chi connectivity index (χ2v) is 5.80. The summed E-state index contributed by atoms with van der Waals surface area (Å²) in [7, 11) is 1.44. The third-order valence-electron chi connectivity index (χ3n) is 4.18. The molecule has 0 aliphatic rings. The first-order valence-electron chi connectivity index (χ1n) is 8.09. The quantitative estimate of drug-likeness (QED) is 0.701. The van der Waals surface area contributed by atoms with Gasteiger partial charge in [0.05, 0.1) is 13.0 Å². The molecule has 0 saturated carbocycles. The molecule has 3 rings (SSSR count). The molecule has 3 nitrogen and oxygen atoms in total. The Labute approximate surface area is 142 Å². The topological polar surface area (TPSA) is 38.3 Å². The van der Waals surface area contributed by atoms with E-state index in [1.165, 1.54) is 18.1 Å². The van der Waals surface area contributed by atoms with Crippen LogP contribution in [-0.4, -0.2) is 19.6 Å². The lowest BCUT2D eigenvalue weighted by Gasteiger charge is -2.16.